The van der Waals surface area contributed by atoms with Gasteiger partial charge in [-0.15, -0.1) is 12.4 Å². The lowest BCUT2D eigenvalue weighted by molar-refractivity contribution is -0.137. The maximum Gasteiger partial charge on any atom is 0.242 e. The van der Waals surface area contributed by atoms with Gasteiger partial charge in [0.2, 0.25) is 5.91 Å². The van der Waals surface area contributed by atoms with Crippen molar-refractivity contribution in [2.24, 2.45) is 5.92 Å². The Balaban J connectivity index is 0.00000210. The van der Waals surface area contributed by atoms with Gasteiger partial charge in [0.15, 0.2) is 0 Å². The van der Waals surface area contributed by atoms with E-state index in [0.29, 0.717) is 0 Å². The lowest BCUT2D eigenvalue weighted by Gasteiger charge is -2.34. The first kappa shape index (κ1) is 20.5. The third-order valence-electron chi connectivity index (χ3n) is 6.09. The van der Waals surface area contributed by atoms with Crippen LogP contribution in [0.1, 0.15) is 37.7 Å². The highest BCUT2D eigenvalue weighted by Gasteiger charge is 2.44. The molecular formula is C19H27ClF2N4O. The monoisotopic (exact) mass is 400 g/mol. The highest BCUT2D eigenvalue weighted by molar-refractivity contribution is 5.85. The number of benzene rings is 1. The minimum absolute atomic E-state index is 0. The van der Waals surface area contributed by atoms with Gasteiger partial charge in [-0.05, 0) is 37.9 Å². The van der Waals surface area contributed by atoms with E-state index in [1.54, 1.807) is 4.90 Å². The minimum Gasteiger partial charge on any atom is -0.334 e. The normalized spacial score (nSPS) is 27.9. The number of piperidine rings is 1. The van der Waals surface area contributed by atoms with Crippen molar-refractivity contribution in [3.05, 3.63) is 35.4 Å². The van der Waals surface area contributed by atoms with Crippen molar-refractivity contribution in [3.8, 4) is 0 Å². The zero-order chi connectivity index (χ0) is 18.1. The topological polar surface area (TPSA) is 56.4 Å². The standard InChI is InChI=1S/C19H26F2N4O.ClH/c20-15-6-3-7-16(21)14(15)11-25(12-4-1-2-5-12)19(26)18-13-10-22-9-8-17(13)23-24-18;/h3,6-7,12-13,17-18,22-24H,1-2,4-5,8-11H2;1H. The number of hydrazine groups is 1. The Kier molecular flexibility index (Phi) is 6.68. The van der Waals surface area contributed by atoms with Crippen LogP contribution in [-0.4, -0.2) is 42.0 Å². The van der Waals surface area contributed by atoms with Crippen LogP contribution in [0.4, 0.5) is 8.78 Å². The quantitative estimate of drug-likeness (QED) is 0.724. The van der Waals surface area contributed by atoms with Gasteiger partial charge in [-0.2, -0.15) is 0 Å². The second-order valence-corrected chi connectivity index (χ2v) is 7.63. The molecule has 27 heavy (non-hydrogen) atoms. The van der Waals surface area contributed by atoms with Crippen LogP contribution in [0.15, 0.2) is 18.2 Å². The Morgan fingerprint density at radius 1 is 1.11 bits per heavy atom. The van der Waals surface area contributed by atoms with Gasteiger partial charge in [0.05, 0.1) is 6.54 Å². The molecule has 3 N–H and O–H groups in total. The summed E-state index contributed by atoms with van der Waals surface area (Å²) in [5.41, 5.74) is 6.37. The molecule has 8 heteroatoms. The van der Waals surface area contributed by atoms with Gasteiger partial charge in [-0.3, -0.25) is 10.2 Å². The first-order chi connectivity index (χ1) is 12.6. The largest absolute Gasteiger partial charge is 0.334 e. The summed E-state index contributed by atoms with van der Waals surface area (Å²) in [7, 11) is 0. The molecule has 5 nitrogen and oxygen atoms in total. The van der Waals surface area contributed by atoms with Crippen molar-refractivity contribution in [1.29, 1.82) is 0 Å². The second kappa shape index (κ2) is 8.82. The van der Waals surface area contributed by atoms with Crippen LogP contribution >= 0.6 is 12.4 Å². The van der Waals surface area contributed by atoms with Crippen LogP contribution in [-0.2, 0) is 11.3 Å². The molecule has 4 rings (SSSR count). The summed E-state index contributed by atoms with van der Waals surface area (Å²) in [6, 6.07) is 3.83. The molecule has 2 heterocycles. The van der Waals surface area contributed by atoms with Gasteiger partial charge in [0.25, 0.3) is 0 Å². The third-order valence-corrected chi connectivity index (χ3v) is 6.09. The van der Waals surface area contributed by atoms with E-state index in [2.05, 4.69) is 16.2 Å². The maximum atomic E-state index is 14.2. The number of nitrogens with one attached hydrogen (secondary N) is 3. The summed E-state index contributed by atoms with van der Waals surface area (Å²) < 4.78 is 28.4. The maximum absolute atomic E-state index is 14.2. The van der Waals surface area contributed by atoms with Crippen molar-refractivity contribution in [1.82, 2.24) is 21.1 Å². The SMILES string of the molecule is Cl.O=C(C1NNC2CCNCC21)N(Cc1c(F)cccc1F)C1CCCC1. The molecule has 2 aliphatic heterocycles. The molecule has 0 aromatic heterocycles. The first-order valence-electron chi connectivity index (χ1n) is 9.60. The summed E-state index contributed by atoms with van der Waals surface area (Å²) in [5.74, 6) is -1.07. The minimum atomic E-state index is -0.587. The highest BCUT2D eigenvalue weighted by Crippen LogP contribution is 2.29. The van der Waals surface area contributed by atoms with Crippen LogP contribution in [0.5, 0.6) is 0 Å². The summed E-state index contributed by atoms with van der Waals surface area (Å²) >= 11 is 0. The van der Waals surface area contributed by atoms with Crippen molar-refractivity contribution in [2.75, 3.05) is 13.1 Å². The molecule has 1 aromatic rings. The summed E-state index contributed by atoms with van der Waals surface area (Å²) in [6.45, 7) is 1.70. The Morgan fingerprint density at radius 2 is 1.81 bits per heavy atom. The zero-order valence-electron chi connectivity index (χ0n) is 15.2. The second-order valence-electron chi connectivity index (χ2n) is 7.63. The molecule has 2 saturated heterocycles. The van der Waals surface area contributed by atoms with Crippen LogP contribution in [0.3, 0.4) is 0 Å². The fraction of sp³-hybridized carbons (Fsp3) is 0.632. The lowest BCUT2D eigenvalue weighted by Crippen LogP contribution is -2.52. The van der Waals surface area contributed by atoms with Gasteiger partial charge >= 0.3 is 0 Å². The number of carbonyl (C=O) groups is 1. The van der Waals surface area contributed by atoms with E-state index in [4.69, 9.17) is 0 Å². The number of rotatable bonds is 4. The Morgan fingerprint density at radius 3 is 2.52 bits per heavy atom. The van der Waals surface area contributed by atoms with Gasteiger partial charge in [0.1, 0.15) is 17.7 Å². The average molecular weight is 401 g/mol. The number of nitrogens with zero attached hydrogens (tertiary/aromatic N) is 1. The fourth-order valence-electron chi connectivity index (χ4n) is 4.60. The molecule has 3 fully saturated rings. The highest BCUT2D eigenvalue weighted by atomic mass is 35.5. The van der Waals surface area contributed by atoms with Crippen molar-refractivity contribution < 1.29 is 13.6 Å². The molecule has 0 bridgehead atoms. The van der Waals surface area contributed by atoms with Crippen molar-refractivity contribution in [2.45, 2.75) is 56.8 Å². The molecule has 1 amide bonds. The van der Waals surface area contributed by atoms with E-state index in [1.807, 2.05) is 0 Å². The molecule has 0 spiro atoms. The number of amides is 1. The Hall–Kier alpha value is -1.28. The molecule has 1 saturated carbocycles. The Labute approximate surface area is 164 Å². The lowest BCUT2D eigenvalue weighted by atomic mass is 9.88. The molecular weight excluding hydrogens is 374 g/mol. The van der Waals surface area contributed by atoms with E-state index >= 15 is 0 Å². The third kappa shape index (κ3) is 4.11. The van der Waals surface area contributed by atoms with E-state index in [-0.39, 0.29) is 54.5 Å². The molecule has 150 valence electrons. The smallest absolute Gasteiger partial charge is 0.242 e. The van der Waals surface area contributed by atoms with E-state index in [0.717, 1.165) is 45.2 Å². The van der Waals surface area contributed by atoms with Crippen LogP contribution in [0, 0.1) is 17.6 Å². The van der Waals surface area contributed by atoms with Gasteiger partial charge < -0.3 is 10.2 Å². The van der Waals surface area contributed by atoms with Crippen molar-refractivity contribution >= 4 is 18.3 Å². The number of carbonyl (C=O) groups excluding carboxylic acids is 1. The zero-order valence-corrected chi connectivity index (χ0v) is 16.0. The number of fused-ring (bicyclic) bond motifs is 1. The van der Waals surface area contributed by atoms with E-state index < -0.39 is 11.6 Å². The molecule has 1 aromatic carbocycles. The average Bonchev–Trinajstić information content (AvgIpc) is 3.31. The van der Waals surface area contributed by atoms with E-state index in [1.165, 1.54) is 18.2 Å². The molecule has 3 atom stereocenters. The number of halogens is 3. The first-order valence-corrected chi connectivity index (χ1v) is 9.60. The van der Waals surface area contributed by atoms with Gasteiger partial charge in [-0.25, -0.2) is 14.2 Å². The summed E-state index contributed by atoms with van der Waals surface area (Å²) in [5, 5.41) is 3.35. The van der Waals surface area contributed by atoms with E-state index in [9.17, 15) is 13.6 Å². The predicted molar refractivity (Wildman–Crippen MR) is 101 cm³/mol. The summed E-state index contributed by atoms with van der Waals surface area (Å²) in [4.78, 5) is 15.1. The Bertz CT molecular complexity index is 651. The predicted octanol–water partition coefficient (Wildman–Crippen LogP) is 2.11. The number of hydrogen-bond acceptors (Lipinski definition) is 4. The molecule has 0 radical (unpaired) electrons. The fourth-order valence-corrected chi connectivity index (χ4v) is 4.60. The molecule has 3 aliphatic rings. The molecule has 1 aliphatic carbocycles. The van der Waals surface area contributed by atoms with Crippen LogP contribution in [0.2, 0.25) is 0 Å². The van der Waals surface area contributed by atoms with Gasteiger partial charge in [0, 0.05) is 30.1 Å². The summed E-state index contributed by atoms with van der Waals surface area (Å²) in [6.07, 6.45) is 4.87. The van der Waals surface area contributed by atoms with Crippen molar-refractivity contribution in [3.63, 3.8) is 0 Å². The van der Waals surface area contributed by atoms with Crippen LogP contribution in [0.25, 0.3) is 0 Å². The van der Waals surface area contributed by atoms with Gasteiger partial charge in [-0.1, -0.05) is 18.9 Å². The van der Waals surface area contributed by atoms with Crippen LogP contribution < -0.4 is 16.2 Å². The number of hydrogen-bond donors (Lipinski definition) is 3. The molecule has 3 unspecified atom stereocenters.